The van der Waals surface area contributed by atoms with Gasteiger partial charge in [0.2, 0.25) is 0 Å². The first-order chi connectivity index (χ1) is 9.92. The summed E-state index contributed by atoms with van der Waals surface area (Å²) in [4.78, 5) is 1.52. The fraction of sp³-hybridized carbons (Fsp3) is 0.625. The predicted octanol–water partition coefficient (Wildman–Crippen LogP) is 3.78. The Labute approximate surface area is 123 Å². The summed E-state index contributed by atoms with van der Waals surface area (Å²) in [5.41, 5.74) is 2.80. The van der Waals surface area contributed by atoms with Gasteiger partial charge in [0.25, 0.3) is 0 Å². The van der Waals surface area contributed by atoms with E-state index in [0.29, 0.717) is 6.04 Å². The molecule has 0 bridgehead atoms. The lowest BCUT2D eigenvalue weighted by molar-refractivity contribution is -0.120. The van der Waals surface area contributed by atoms with Crippen molar-refractivity contribution in [2.24, 2.45) is 0 Å². The van der Waals surface area contributed by atoms with Crippen LogP contribution in [0.15, 0.2) is 18.2 Å². The molecule has 1 aromatic rings. The van der Waals surface area contributed by atoms with Crippen LogP contribution in [0.5, 0.6) is 0 Å². The Morgan fingerprint density at radius 1 is 1.19 bits per heavy atom. The van der Waals surface area contributed by atoms with Crippen LogP contribution in [0.1, 0.15) is 36.8 Å². The number of alkyl halides is 3. The SMILES string of the molecule is Cc1cc(CNC2CC2)ccc1N(CC(F)(F)F)C1CC1. The summed E-state index contributed by atoms with van der Waals surface area (Å²) in [6, 6.07) is 6.50. The summed E-state index contributed by atoms with van der Waals surface area (Å²) in [5.74, 6) is 0. The molecule has 0 spiro atoms. The van der Waals surface area contributed by atoms with Crippen LogP contribution in [0, 0.1) is 6.92 Å². The zero-order valence-corrected chi connectivity index (χ0v) is 12.2. The molecule has 0 atom stereocenters. The predicted molar refractivity (Wildman–Crippen MR) is 77.5 cm³/mol. The molecule has 1 aromatic carbocycles. The minimum Gasteiger partial charge on any atom is -0.359 e. The van der Waals surface area contributed by atoms with Crippen LogP contribution in [0.25, 0.3) is 0 Å². The summed E-state index contributed by atoms with van der Waals surface area (Å²) in [5, 5.41) is 3.43. The van der Waals surface area contributed by atoms with Crippen LogP contribution in [0.2, 0.25) is 0 Å². The number of halogens is 3. The zero-order valence-electron chi connectivity index (χ0n) is 12.2. The third-order valence-corrected chi connectivity index (χ3v) is 4.08. The number of rotatable bonds is 6. The molecule has 0 radical (unpaired) electrons. The summed E-state index contributed by atoms with van der Waals surface area (Å²) in [6.45, 7) is 1.86. The Bertz CT molecular complexity index is 505. The molecule has 5 heteroatoms. The second-order valence-electron chi connectivity index (χ2n) is 6.25. The van der Waals surface area contributed by atoms with E-state index < -0.39 is 12.7 Å². The van der Waals surface area contributed by atoms with Crippen molar-refractivity contribution in [3.63, 3.8) is 0 Å². The molecule has 2 saturated carbocycles. The van der Waals surface area contributed by atoms with Crippen LogP contribution in [-0.2, 0) is 6.54 Å². The van der Waals surface area contributed by atoms with Crippen LogP contribution in [-0.4, -0.2) is 24.8 Å². The molecule has 2 aliphatic rings. The monoisotopic (exact) mass is 298 g/mol. The van der Waals surface area contributed by atoms with Gasteiger partial charge in [-0.25, -0.2) is 0 Å². The highest BCUT2D eigenvalue weighted by atomic mass is 19.4. The number of benzene rings is 1. The van der Waals surface area contributed by atoms with Crippen molar-refractivity contribution in [3.8, 4) is 0 Å². The molecule has 0 heterocycles. The average Bonchev–Trinajstić information content (AvgIpc) is 3.26. The van der Waals surface area contributed by atoms with Gasteiger partial charge < -0.3 is 10.2 Å². The van der Waals surface area contributed by atoms with Gasteiger partial charge >= 0.3 is 6.18 Å². The summed E-state index contributed by atoms with van der Waals surface area (Å²) in [6.07, 6.45) is 0.0401. The van der Waals surface area contributed by atoms with Crippen LogP contribution < -0.4 is 10.2 Å². The molecule has 0 aliphatic heterocycles. The standard InChI is InChI=1S/C16H21F3N2/c1-11-8-12(9-20-13-3-4-13)2-7-15(11)21(14-5-6-14)10-16(17,18)19/h2,7-8,13-14,20H,3-6,9-10H2,1H3. The quantitative estimate of drug-likeness (QED) is 0.860. The molecule has 0 saturated heterocycles. The van der Waals surface area contributed by atoms with Gasteiger partial charge in [0.15, 0.2) is 0 Å². The number of aryl methyl sites for hydroxylation is 1. The number of hydrogen-bond donors (Lipinski definition) is 1. The van der Waals surface area contributed by atoms with Gasteiger partial charge in [-0.1, -0.05) is 12.1 Å². The van der Waals surface area contributed by atoms with Gasteiger partial charge in [0.05, 0.1) is 0 Å². The molecule has 2 nitrogen and oxygen atoms in total. The highest BCUT2D eigenvalue weighted by molar-refractivity contribution is 5.56. The van der Waals surface area contributed by atoms with E-state index in [1.54, 1.807) is 0 Å². The first kappa shape index (κ1) is 14.7. The van der Waals surface area contributed by atoms with Gasteiger partial charge in [0, 0.05) is 24.3 Å². The zero-order chi connectivity index (χ0) is 15.0. The molecule has 0 aromatic heterocycles. The lowest BCUT2D eigenvalue weighted by Gasteiger charge is -2.27. The van der Waals surface area contributed by atoms with E-state index in [9.17, 15) is 13.2 Å². The minimum atomic E-state index is -4.15. The highest BCUT2D eigenvalue weighted by Gasteiger charge is 2.38. The Kier molecular flexibility index (Phi) is 3.86. The molecule has 3 rings (SSSR count). The third kappa shape index (κ3) is 4.13. The lowest BCUT2D eigenvalue weighted by atomic mass is 10.1. The topological polar surface area (TPSA) is 15.3 Å². The van der Waals surface area contributed by atoms with Gasteiger partial charge in [-0.05, 0) is 49.8 Å². The van der Waals surface area contributed by atoms with Crippen molar-refractivity contribution in [2.75, 3.05) is 11.4 Å². The normalized spacial score (nSPS) is 18.9. The number of hydrogen-bond acceptors (Lipinski definition) is 2. The molecule has 1 N–H and O–H groups in total. The van der Waals surface area contributed by atoms with Crippen LogP contribution >= 0.6 is 0 Å². The second-order valence-corrected chi connectivity index (χ2v) is 6.25. The number of anilines is 1. The maximum Gasteiger partial charge on any atom is 0.405 e. The Balaban J connectivity index is 1.72. The highest BCUT2D eigenvalue weighted by Crippen LogP contribution is 2.36. The van der Waals surface area contributed by atoms with Crippen LogP contribution in [0.3, 0.4) is 0 Å². The third-order valence-electron chi connectivity index (χ3n) is 4.08. The summed E-state index contributed by atoms with van der Waals surface area (Å²) >= 11 is 0. The number of nitrogens with zero attached hydrogens (tertiary/aromatic N) is 1. The van der Waals surface area contributed by atoms with Crippen molar-refractivity contribution in [1.29, 1.82) is 0 Å². The Hall–Kier alpha value is -1.23. The first-order valence-corrected chi connectivity index (χ1v) is 7.59. The van der Waals surface area contributed by atoms with Crippen molar-refractivity contribution < 1.29 is 13.2 Å². The van der Waals surface area contributed by atoms with Crippen molar-refractivity contribution >= 4 is 5.69 Å². The summed E-state index contributed by atoms with van der Waals surface area (Å²) < 4.78 is 38.3. The largest absolute Gasteiger partial charge is 0.405 e. The second kappa shape index (κ2) is 5.52. The van der Waals surface area contributed by atoms with Crippen LogP contribution in [0.4, 0.5) is 18.9 Å². The van der Waals surface area contributed by atoms with Gasteiger partial charge in [-0.15, -0.1) is 0 Å². The van der Waals surface area contributed by atoms with E-state index in [-0.39, 0.29) is 6.04 Å². The maximum atomic E-state index is 12.8. The number of nitrogens with one attached hydrogen (secondary N) is 1. The molecule has 2 aliphatic carbocycles. The smallest absolute Gasteiger partial charge is 0.359 e. The van der Waals surface area contributed by atoms with Gasteiger partial charge in [-0.2, -0.15) is 13.2 Å². The minimum absolute atomic E-state index is 0.0563. The average molecular weight is 298 g/mol. The van der Waals surface area contributed by atoms with E-state index in [0.717, 1.165) is 36.2 Å². The van der Waals surface area contributed by atoms with Gasteiger partial charge in [-0.3, -0.25) is 0 Å². The Morgan fingerprint density at radius 2 is 1.90 bits per heavy atom. The van der Waals surface area contributed by atoms with E-state index in [1.165, 1.54) is 17.7 Å². The molecule has 0 unspecified atom stereocenters. The van der Waals surface area contributed by atoms with Crippen molar-refractivity contribution in [1.82, 2.24) is 5.32 Å². The molecule has 116 valence electrons. The fourth-order valence-electron chi connectivity index (χ4n) is 2.69. The fourth-order valence-corrected chi connectivity index (χ4v) is 2.69. The first-order valence-electron chi connectivity index (χ1n) is 7.59. The van der Waals surface area contributed by atoms with Gasteiger partial charge in [0.1, 0.15) is 6.54 Å². The molecule has 0 amide bonds. The van der Waals surface area contributed by atoms with E-state index >= 15 is 0 Å². The molecule has 21 heavy (non-hydrogen) atoms. The molecular weight excluding hydrogens is 277 g/mol. The summed E-state index contributed by atoms with van der Waals surface area (Å²) in [7, 11) is 0. The van der Waals surface area contributed by atoms with E-state index in [1.807, 2.05) is 25.1 Å². The van der Waals surface area contributed by atoms with E-state index in [4.69, 9.17) is 0 Å². The molecular formula is C16H21F3N2. The van der Waals surface area contributed by atoms with E-state index in [2.05, 4.69) is 5.32 Å². The maximum absolute atomic E-state index is 12.8. The van der Waals surface area contributed by atoms with Crippen molar-refractivity contribution in [3.05, 3.63) is 29.3 Å². The molecule has 2 fully saturated rings. The Morgan fingerprint density at radius 3 is 2.43 bits per heavy atom. The van der Waals surface area contributed by atoms with Crippen molar-refractivity contribution in [2.45, 2.75) is 57.4 Å². The lowest BCUT2D eigenvalue weighted by Crippen LogP contribution is -2.36.